The zero-order valence-electron chi connectivity index (χ0n) is 18.1. The summed E-state index contributed by atoms with van der Waals surface area (Å²) < 4.78 is 71.5. The van der Waals surface area contributed by atoms with E-state index in [2.05, 4.69) is 15.0 Å². The van der Waals surface area contributed by atoms with Crippen LogP contribution in [-0.2, 0) is 28.5 Å². The van der Waals surface area contributed by atoms with E-state index in [1.807, 2.05) is 0 Å². The molecule has 3 rings (SSSR count). The maximum Gasteiger partial charge on any atom is 0.416 e. The van der Waals surface area contributed by atoms with Crippen molar-refractivity contribution in [1.29, 1.82) is 0 Å². The molecule has 0 bridgehead atoms. The standard InChI is InChI=1S/C23H22F3N3O4S/c1-2-33-21-11-12-27-14-20(21)29-34(31,32)15-17-5-3-4-6-19(17)22(30)28-13-16-7-9-18(10-8-16)23(24,25)26/h3-12,14,29H,2,13,15H2,1H3,(H,28,30). The van der Waals surface area contributed by atoms with E-state index in [4.69, 9.17) is 4.74 Å². The second-order valence-electron chi connectivity index (χ2n) is 7.20. The van der Waals surface area contributed by atoms with E-state index >= 15 is 0 Å². The van der Waals surface area contributed by atoms with Gasteiger partial charge in [0.1, 0.15) is 11.4 Å². The second kappa shape index (κ2) is 10.6. The first-order valence-electron chi connectivity index (χ1n) is 10.2. The van der Waals surface area contributed by atoms with Gasteiger partial charge in [-0.15, -0.1) is 0 Å². The van der Waals surface area contributed by atoms with Crippen LogP contribution in [0.25, 0.3) is 0 Å². The largest absolute Gasteiger partial charge is 0.492 e. The third-order valence-corrected chi connectivity index (χ3v) is 5.91. The first kappa shape index (κ1) is 25.0. The number of nitrogens with zero attached hydrogens (tertiary/aromatic N) is 1. The van der Waals surface area contributed by atoms with E-state index in [1.165, 1.54) is 42.7 Å². The Bertz CT molecular complexity index is 1250. The van der Waals surface area contributed by atoms with Gasteiger partial charge in [-0.3, -0.25) is 14.5 Å². The molecule has 0 radical (unpaired) electrons. The van der Waals surface area contributed by atoms with Crippen LogP contribution < -0.4 is 14.8 Å². The van der Waals surface area contributed by atoms with Crippen LogP contribution in [0.1, 0.15) is 34.0 Å². The predicted molar refractivity (Wildman–Crippen MR) is 121 cm³/mol. The van der Waals surface area contributed by atoms with Crippen LogP contribution in [0.2, 0.25) is 0 Å². The Morgan fingerprint density at radius 3 is 2.44 bits per heavy atom. The lowest BCUT2D eigenvalue weighted by Crippen LogP contribution is -2.25. The Morgan fingerprint density at radius 2 is 1.76 bits per heavy atom. The number of benzene rings is 2. The number of pyridine rings is 1. The number of carbonyl (C=O) groups excluding carboxylic acids is 1. The maximum atomic E-state index is 12.8. The fourth-order valence-electron chi connectivity index (χ4n) is 3.10. The molecule has 1 aromatic heterocycles. The molecule has 7 nitrogen and oxygen atoms in total. The summed E-state index contributed by atoms with van der Waals surface area (Å²) in [5, 5.41) is 2.61. The molecular weight excluding hydrogens is 471 g/mol. The zero-order chi connectivity index (χ0) is 24.8. The van der Waals surface area contributed by atoms with Gasteiger partial charge >= 0.3 is 6.18 Å². The van der Waals surface area contributed by atoms with Gasteiger partial charge in [-0.1, -0.05) is 30.3 Å². The molecule has 0 aliphatic rings. The monoisotopic (exact) mass is 493 g/mol. The molecule has 0 spiro atoms. The molecule has 0 saturated heterocycles. The Balaban J connectivity index is 1.71. The fourth-order valence-corrected chi connectivity index (χ4v) is 4.33. The minimum Gasteiger partial charge on any atom is -0.492 e. The van der Waals surface area contributed by atoms with Gasteiger partial charge in [0.2, 0.25) is 10.0 Å². The third kappa shape index (κ3) is 6.70. The van der Waals surface area contributed by atoms with E-state index in [0.717, 1.165) is 12.1 Å². The Labute approximate surface area is 195 Å². The summed E-state index contributed by atoms with van der Waals surface area (Å²) in [6, 6.07) is 12.1. The van der Waals surface area contributed by atoms with Gasteiger partial charge in [-0.05, 0) is 36.2 Å². The number of nitrogens with one attached hydrogen (secondary N) is 2. The molecule has 11 heteroatoms. The van der Waals surface area contributed by atoms with Crippen molar-refractivity contribution in [1.82, 2.24) is 10.3 Å². The Morgan fingerprint density at radius 1 is 1.06 bits per heavy atom. The predicted octanol–water partition coefficient (Wildman–Crippen LogP) is 4.37. The van der Waals surface area contributed by atoms with Gasteiger partial charge < -0.3 is 10.1 Å². The third-order valence-electron chi connectivity index (χ3n) is 4.69. The number of halogens is 3. The van der Waals surface area contributed by atoms with Gasteiger partial charge in [-0.25, -0.2) is 8.42 Å². The van der Waals surface area contributed by atoms with Gasteiger partial charge in [0.05, 0.1) is 24.1 Å². The normalized spacial score (nSPS) is 11.6. The summed E-state index contributed by atoms with van der Waals surface area (Å²) in [6.45, 7) is 2.07. The first-order chi connectivity index (χ1) is 16.1. The topological polar surface area (TPSA) is 97.4 Å². The first-order valence-corrected chi connectivity index (χ1v) is 11.8. The van der Waals surface area contributed by atoms with Crippen molar-refractivity contribution in [2.45, 2.75) is 25.4 Å². The molecule has 3 aromatic rings. The summed E-state index contributed by atoms with van der Waals surface area (Å²) in [5.41, 5.74) is 0.242. The lowest BCUT2D eigenvalue weighted by Gasteiger charge is -2.14. The van der Waals surface area contributed by atoms with Crippen molar-refractivity contribution in [2.75, 3.05) is 11.3 Å². The van der Waals surface area contributed by atoms with Crippen LogP contribution in [0.4, 0.5) is 18.9 Å². The summed E-state index contributed by atoms with van der Waals surface area (Å²) in [7, 11) is -3.93. The van der Waals surface area contributed by atoms with Gasteiger partial charge in [0.25, 0.3) is 5.91 Å². The SMILES string of the molecule is CCOc1ccncc1NS(=O)(=O)Cc1ccccc1C(=O)NCc1ccc(C(F)(F)F)cc1. The quantitative estimate of drug-likeness (QED) is 0.461. The molecule has 0 atom stereocenters. The summed E-state index contributed by atoms with van der Waals surface area (Å²) in [5.74, 6) is -0.720. The molecule has 0 unspecified atom stereocenters. The molecule has 0 aliphatic heterocycles. The number of rotatable bonds is 9. The molecular formula is C23H22F3N3O4S. The van der Waals surface area contributed by atoms with Crippen LogP contribution >= 0.6 is 0 Å². The van der Waals surface area contributed by atoms with Crippen molar-refractivity contribution < 1.29 is 31.1 Å². The van der Waals surface area contributed by atoms with Gasteiger partial charge in [0, 0.05) is 24.4 Å². The van der Waals surface area contributed by atoms with Crippen molar-refractivity contribution >= 4 is 21.6 Å². The number of sulfonamides is 1. The molecule has 180 valence electrons. The van der Waals surface area contributed by atoms with E-state index in [1.54, 1.807) is 19.1 Å². The highest BCUT2D eigenvalue weighted by molar-refractivity contribution is 7.91. The van der Waals surface area contributed by atoms with E-state index in [9.17, 15) is 26.4 Å². The van der Waals surface area contributed by atoms with Crippen molar-refractivity contribution in [3.05, 3.63) is 89.2 Å². The second-order valence-corrected chi connectivity index (χ2v) is 8.92. The molecule has 2 aromatic carbocycles. The zero-order valence-corrected chi connectivity index (χ0v) is 18.9. The van der Waals surface area contributed by atoms with Crippen LogP contribution in [0.15, 0.2) is 67.0 Å². The molecule has 0 fully saturated rings. The highest BCUT2D eigenvalue weighted by Crippen LogP contribution is 2.29. The number of hydrogen-bond acceptors (Lipinski definition) is 5. The summed E-state index contributed by atoms with van der Waals surface area (Å²) >= 11 is 0. The average molecular weight is 494 g/mol. The Hall–Kier alpha value is -3.60. The lowest BCUT2D eigenvalue weighted by atomic mass is 10.1. The number of ether oxygens (including phenoxy) is 1. The molecule has 2 N–H and O–H groups in total. The Kier molecular flexibility index (Phi) is 7.77. The highest BCUT2D eigenvalue weighted by Gasteiger charge is 2.30. The number of amides is 1. The maximum absolute atomic E-state index is 12.8. The van der Waals surface area contributed by atoms with Gasteiger partial charge in [-0.2, -0.15) is 13.2 Å². The molecule has 0 saturated carbocycles. The molecule has 1 amide bonds. The average Bonchev–Trinajstić information content (AvgIpc) is 2.78. The van der Waals surface area contributed by atoms with Crippen LogP contribution in [0.5, 0.6) is 5.75 Å². The fraction of sp³-hybridized carbons (Fsp3) is 0.217. The van der Waals surface area contributed by atoms with E-state index in [0.29, 0.717) is 17.9 Å². The van der Waals surface area contributed by atoms with Crippen LogP contribution in [-0.4, -0.2) is 25.9 Å². The van der Waals surface area contributed by atoms with Crippen LogP contribution in [0.3, 0.4) is 0 Å². The minimum atomic E-state index is -4.44. The lowest BCUT2D eigenvalue weighted by molar-refractivity contribution is -0.137. The number of aromatic nitrogens is 1. The number of hydrogen-bond donors (Lipinski definition) is 2. The molecule has 1 heterocycles. The highest BCUT2D eigenvalue weighted by atomic mass is 32.2. The van der Waals surface area contributed by atoms with Crippen molar-refractivity contribution in [3.8, 4) is 5.75 Å². The van der Waals surface area contributed by atoms with Gasteiger partial charge in [0.15, 0.2) is 0 Å². The summed E-state index contributed by atoms with van der Waals surface area (Å²) in [4.78, 5) is 16.6. The summed E-state index contributed by atoms with van der Waals surface area (Å²) in [6.07, 6.45) is -1.65. The van der Waals surface area contributed by atoms with Crippen LogP contribution in [0, 0.1) is 0 Å². The van der Waals surface area contributed by atoms with E-state index in [-0.39, 0.29) is 23.4 Å². The van der Waals surface area contributed by atoms with Crippen molar-refractivity contribution in [3.63, 3.8) is 0 Å². The number of alkyl halides is 3. The van der Waals surface area contributed by atoms with Crippen molar-refractivity contribution in [2.24, 2.45) is 0 Å². The molecule has 0 aliphatic carbocycles. The minimum absolute atomic E-state index is 0.0241. The number of carbonyl (C=O) groups is 1. The van der Waals surface area contributed by atoms with E-state index < -0.39 is 33.4 Å². The number of anilines is 1. The molecule has 34 heavy (non-hydrogen) atoms. The smallest absolute Gasteiger partial charge is 0.416 e.